The molecule has 0 radical (unpaired) electrons. The molecule has 0 aromatic carbocycles. The van der Waals surface area contributed by atoms with E-state index in [1.807, 2.05) is 18.3 Å². The number of pyridine rings is 1. The van der Waals surface area contributed by atoms with E-state index in [1.165, 1.54) is 23.9 Å². The molecule has 0 amide bonds. The molecule has 0 spiro atoms. The van der Waals surface area contributed by atoms with Gasteiger partial charge in [0.2, 0.25) is 0 Å². The molecule has 0 bridgehead atoms. The predicted molar refractivity (Wildman–Crippen MR) is 60.0 cm³/mol. The molecule has 1 N–H and O–H groups in total. The number of carbonyl (C=O) groups is 1. The summed E-state index contributed by atoms with van der Waals surface area (Å²) in [6.45, 7) is 4.99. The third-order valence-corrected chi connectivity index (χ3v) is 3.15. The zero-order chi connectivity index (χ0) is 12.8. The number of rotatable bonds is 1. The first kappa shape index (κ1) is 15.5. The van der Waals surface area contributed by atoms with Crippen molar-refractivity contribution in [3.63, 3.8) is 0 Å². The Labute approximate surface area is 111 Å². The number of carboxylic acids is 1. The topological polar surface area (TPSA) is 50.2 Å². The van der Waals surface area contributed by atoms with Crippen LogP contribution in [0.3, 0.4) is 0 Å². The standard InChI is InChI=1S/C6H5ClN.C5H10O2.Zn/c1-5-2-3-6(7)8-4-5;1-5(2,3)4(6)7;/h2-4H,1H2;1-3H3,(H,6,7);. The summed E-state index contributed by atoms with van der Waals surface area (Å²) in [6.07, 6.45) is 1.83. The number of nitrogens with zero attached hydrogens (tertiary/aromatic N) is 1. The Bertz CT molecular complexity index is 333. The molecule has 5 heteroatoms. The summed E-state index contributed by atoms with van der Waals surface area (Å²) in [5.74, 6) is -0.757. The van der Waals surface area contributed by atoms with Gasteiger partial charge in [-0.3, -0.25) is 4.79 Å². The number of carboxylic acid groups (broad SMARTS) is 1. The second-order valence-corrected chi connectivity index (χ2v) is 5.73. The van der Waals surface area contributed by atoms with Crippen LogP contribution >= 0.6 is 11.6 Å². The van der Waals surface area contributed by atoms with E-state index >= 15 is 0 Å². The molecule has 3 nitrogen and oxygen atoms in total. The predicted octanol–water partition coefficient (Wildman–Crippen LogP) is 2.90. The number of aromatic nitrogens is 1. The van der Waals surface area contributed by atoms with Gasteiger partial charge in [-0.1, -0.05) is 0 Å². The Hall–Kier alpha value is -0.467. The van der Waals surface area contributed by atoms with E-state index in [2.05, 4.69) is 4.98 Å². The SMILES string of the molecule is CC(C)(C)C(=O)O.Clc1ccc([CH2][Zn])cn1. The van der Waals surface area contributed by atoms with Crippen LogP contribution < -0.4 is 0 Å². The molecule has 0 atom stereocenters. The molecule has 16 heavy (non-hydrogen) atoms. The van der Waals surface area contributed by atoms with Gasteiger partial charge < -0.3 is 5.11 Å². The first-order valence-corrected chi connectivity index (χ1v) is 7.38. The van der Waals surface area contributed by atoms with Crippen LogP contribution in [0, 0.1) is 5.41 Å². The molecular weight excluding hydrogens is 279 g/mol. The van der Waals surface area contributed by atoms with Gasteiger partial charge in [0.05, 0.1) is 5.41 Å². The van der Waals surface area contributed by atoms with Crippen LogP contribution in [0.4, 0.5) is 0 Å². The molecule has 85 valence electrons. The summed E-state index contributed by atoms with van der Waals surface area (Å²) in [4.78, 5) is 14.0. The van der Waals surface area contributed by atoms with Gasteiger partial charge >= 0.3 is 74.9 Å². The van der Waals surface area contributed by atoms with Gasteiger partial charge in [0.15, 0.2) is 0 Å². The van der Waals surface area contributed by atoms with Crippen LogP contribution in [0.25, 0.3) is 0 Å². The van der Waals surface area contributed by atoms with Crippen LogP contribution in [0.5, 0.6) is 0 Å². The molecule has 0 fully saturated rings. The van der Waals surface area contributed by atoms with Crippen molar-refractivity contribution >= 4 is 17.6 Å². The fraction of sp³-hybridized carbons (Fsp3) is 0.455. The molecule has 0 aliphatic rings. The van der Waals surface area contributed by atoms with Crippen molar-refractivity contribution in [1.29, 1.82) is 0 Å². The molecule has 1 aromatic heterocycles. The Morgan fingerprint density at radius 2 is 2.00 bits per heavy atom. The van der Waals surface area contributed by atoms with Crippen molar-refractivity contribution in [2.24, 2.45) is 5.41 Å². The Kier molecular flexibility index (Phi) is 6.77. The second kappa shape index (κ2) is 6.98. The van der Waals surface area contributed by atoms with E-state index in [9.17, 15) is 4.79 Å². The second-order valence-electron chi connectivity index (χ2n) is 4.29. The van der Waals surface area contributed by atoms with Crippen LogP contribution in [-0.4, -0.2) is 16.1 Å². The van der Waals surface area contributed by atoms with Crippen LogP contribution in [-0.2, 0) is 28.1 Å². The molecular formula is C11H15ClNO2Zn. The third-order valence-electron chi connectivity index (χ3n) is 1.72. The van der Waals surface area contributed by atoms with Crippen LogP contribution in [0.15, 0.2) is 18.3 Å². The van der Waals surface area contributed by atoms with Crippen molar-refractivity contribution in [3.8, 4) is 0 Å². The van der Waals surface area contributed by atoms with E-state index in [1.54, 1.807) is 20.8 Å². The summed E-state index contributed by atoms with van der Waals surface area (Å²) in [6, 6.07) is 3.84. The number of halogens is 1. The minimum absolute atomic E-state index is 0.576. The molecule has 0 saturated heterocycles. The minimum atomic E-state index is -0.757. The molecule has 0 unspecified atom stereocenters. The Morgan fingerprint density at radius 3 is 2.25 bits per heavy atom. The Balaban J connectivity index is 0.000000293. The fourth-order valence-electron chi connectivity index (χ4n) is 0.554. The number of hydrogen-bond donors (Lipinski definition) is 1. The summed E-state index contributed by atoms with van der Waals surface area (Å²) in [5, 5.41) is 9.97. The molecule has 0 saturated carbocycles. The average Bonchev–Trinajstić information content (AvgIpc) is 2.18. The number of aliphatic carboxylic acids is 1. The third kappa shape index (κ3) is 6.92. The summed E-state index contributed by atoms with van der Waals surface area (Å²) >= 11 is 6.85. The van der Waals surface area contributed by atoms with E-state index < -0.39 is 11.4 Å². The maximum atomic E-state index is 10.0. The maximum absolute atomic E-state index is 10.0. The van der Waals surface area contributed by atoms with E-state index in [0.717, 1.165) is 5.02 Å². The monoisotopic (exact) mass is 292 g/mol. The van der Waals surface area contributed by atoms with Crippen molar-refractivity contribution < 1.29 is 28.2 Å². The van der Waals surface area contributed by atoms with Crippen molar-refractivity contribution in [2.75, 3.05) is 0 Å². The molecule has 1 heterocycles. The van der Waals surface area contributed by atoms with Crippen molar-refractivity contribution in [1.82, 2.24) is 4.98 Å². The van der Waals surface area contributed by atoms with Gasteiger partial charge in [0.25, 0.3) is 0 Å². The van der Waals surface area contributed by atoms with E-state index in [4.69, 9.17) is 16.7 Å². The summed E-state index contributed by atoms with van der Waals surface area (Å²) < 4.78 is 0. The van der Waals surface area contributed by atoms with Crippen molar-refractivity contribution in [2.45, 2.75) is 25.8 Å². The Morgan fingerprint density at radius 1 is 1.50 bits per heavy atom. The van der Waals surface area contributed by atoms with E-state index in [-0.39, 0.29) is 0 Å². The summed E-state index contributed by atoms with van der Waals surface area (Å²) in [7, 11) is 0. The van der Waals surface area contributed by atoms with Gasteiger partial charge in [-0.25, -0.2) is 0 Å². The van der Waals surface area contributed by atoms with Crippen LogP contribution in [0.2, 0.25) is 5.15 Å². The van der Waals surface area contributed by atoms with Gasteiger partial charge in [-0.15, -0.1) is 0 Å². The zero-order valence-electron chi connectivity index (χ0n) is 9.83. The van der Waals surface area contributed by atoms with Gasteiger partial charge in [0, 0.05) is 0 Å². The quantitative estimate of drug-likeness (QED) is 0.640. The first-order chi connectivity index (χ1) is 7.27. The normalized spacial score (nSPS) is 10.4. The van der Waals surface area contributed by atoms with Gasteiger partial charge in [0.1, 0.15) is 0 Å². The molecule has 1 rings (SSSR count). The van der Waals surface area contributed by atoms with Gasteiger partial charge in [-0.2, -0.15) is 0 Å². The molecule has 0 aliphatic carbocycles. The zero-order valence-corrected chi connectivity index (χ0v) is 13.5. The van der Waals surface area contributed by atoms with Crippen LogP contribution in [0.1, 0.15) is 26.3 Å². The fourth-order valence-corrected chi connectivity index (χ4v) is 1.29. The first-order valence-electron chi connectivity index (χ1n) is 4.90. The van der Waals surface area contributed by atoms with Crippen molar-refractivity contribution in [3.05, 3.63) is 29.0 Å². The molecule has 1 aromatic rings. The average molecular weight is 294 g/mol. The molecule has 0 aliphatic heterocycles. The van der Waals surface area contributed by atoms with Gasteiger partial charge in [-0.05, 0) is 20.8 Å². The summed E-state index contributed by atoms with van der Waals surface area (Å²) in [5.41, 5.74) is 0.694. The van der Waals surface area contributed by atoms with E-state index in [0.29, 0.717) is 5.15 Å². The number of hydrogen-bond acceptors (Lipinski definition) is 2.